The highest BCUT2D eigenvalue weighted by Crippen LogP contribution is 2.21. The molecule has 0 radical (unpaired) electrons. The van der Waals surface area contributed by atoms with Gasteiger partial charge in [-0.3, -0.25) is 19.9 Å². The number of nitrogens with one attached hydrogen (secondary N) is 2. The molecule has 2 heterocycles. The van der Waals surface area contributed by atoms with E-state index in [2.05, 4.69) is 20.3 Å². The minimum absolute atomic E-state index is 0.0709. The molecule has 0 atom stereocenters. The van der Waals surface area contributed by atoms with Gasteiger partial charge in [0.1, 0.15) is 0 Å². The number of pyridine rings is 1. The molecule has 9 heteroatoms. The number of H-pyrrole nitrogens is 1. The second-order valence-corrected chi connectivity index (χ2v) is 5.95. The molecule has 0 spiro atoms. The Balaban J connectivity index is 1.57. The summed E-state index contributed by atoms with van der Waals surface area (Å²) in [6.07, 6.45) is 5.07. The van der Waals surface area contributed by atoms with Gasteiger partial charge in [0.15, 0.2) is 5.16 Å². The van der Waals surface area contributed by atoms with Crippen molar-refractivity contribution in [2.75, 3.05) is 11.1 Å². The number of amides is 1. The van der Waals surface area contributed by atoms with Crippen LogP contribution in [0, 0.1) is 10.1 Å². The molecule has 0 unspecified atom stereocenters. The Morgan fingerprint density at radius 2 is 2.08 bits per heavy atom. The van der Waals surface area contributed by atoms with Gasteiger partial charge < -0.3 is 10.3 Å². The molecule has 2 aromatic heterocycles. The van der Waals surface area contributed by atoms with Gasteiger partial charge in [-0.15, -0.1) is 0 Å². The first-order chi connectivity index (χ1) is 12.1. The lowest BCUT2D eigenvalue weighted by Crippen LogP contribution is -2.14. The minimum Gasteiger partial charge on any atom is -0.333 e. The summed E-state index contributed by atoms with van der Waals surface area (Å²) in [5.41, 5.74) is 2.11. The largest absolute Gasteiger partial charge is 0.333 e. The molecule has 0 aliphatic heterocycles. The van der Waals surface area contributed by atoms with Crippen LogP contribution in [-0.4, -0.2) is 31.5 Å². The number of hydrogen-bond donors (Lipinski definition) is 2. The van der Waals surface area contributed by atoms with Crippen molar-refractivity contribution in [1.82, 2.24) is 15.0 Å². The van der Waals surface area contributed by atoms with E-state index >= 15 is 0 Å². The van der Waals surface area contributed by atoms with Gasteiger partial charge >= 0.3 is 0 Å². The first-order valence-corrected chi connectivity index (χ1v) is 8.23. The maximum Gasteiger partial charge on any atom is 0.271 e. The van der Waals surface area contributed by atoms with E-state index in [4.69, 9.17) is 0 Å². The lowest BCUT2D eigenvalue weighted by molar-refractivity contribution is -0.384. The quantitative estimate of drug-likeness (QED) is 0.399. The molecular weight excluding hydrogens is 342 g/mol. The Morgan fingerprint density at radius 1 is 1.28 bits per heavy atom. The van der Waals surface area contributed by atoms with Crippen molar-refractivity contribution in [3.8, 4) is 11.3 Å². The molecule has 3 rings (SSSR count). The van der Waals surface area contributed by atoms with E-state index in [0.29, 0.717) is 10.8 Å². The third-order valence-corrected chi connectivity index (χ3v) is 4.11. The zero-order valence-corrected chi connectivity index (χ0v) is 13.7. The number of rotatable bonds is 6. The van der Waals surface area contributed by atoms with Crippen LogP contribution in [0.1, 0.15) is 0 Å². The summed E-state index contributed by atoms with van der Waals surface area (Å²) < 4.78 is 0. The Hall–Kier alpha value is -3.20. The summed E-state index contributed by atoms with van der Waals surface area (Å²) in [6.45, 7) is 0. The number of anilines is 1. The van der Waals surface area contributed by atoms with Crippen LogP contribution in [0.15, 0.2) is 60.1 Å². The molecule has 2 N–H and O–H groups in total. The van der Waals surface area contributed by atoms with E-state index in [9.17, 15) is 14.9 Å². The number of aromatic amines is 1. The molecule has 0 aliphatic carbocycles. The van der Waals surface area contributed by atoms with Gasteiger partial charge in [-0.05, 0) is 18.2 Å². The Bertz CT molecular complexity index is 898. The number of nitrogens with zero attached hydrogens (tertiary/aromatic N) is 3. The van der Waals surface area contributed by atoms with Crippen LogP contribution in [0.5, 0.6) is 0 Å². The van der Waals surface area contributed by atoms with E-state index in [1.165, 1.54) is 30.0 Å². The van der Waals surface area contributed by atoms with Crippen LogP contribution in [0.3, 0.4) is 0 Å². The van der Waals surface area contributed by atoms with Crippen molar-refractivity contribution in [1.29, 1.82) is 0 Å². The third-order valence-electron chi connectivity index (χ3n) is 3.22. The van der Waals surface area contributed by atoms with Gasteiger partial charge in [0.05, 0.1) is 22.6 Å². The highest BCUT2D eigenvalue weighted by Gasteiger charge is 2.10. The fourth-order valence-electron chi connectivity index (χ4n) is 2.08. The molecule has 1 aromatic carbocycles. The van der Waals surface area contributed by atoms with Crippen LogP contribution >= 0.6 is 11.8 Å². The maximum absolute atomic E-state index is 12.0. The number of imidazole rings is 1. The van der Waals surface area contributed by atoms with Crippen molar-refractivity contribution in [2.45, 2.75) is 5.16 Å². The van der Waals surface area contributed by atoms with E-state index in [0.717, 1.165) is 11.3 Å². The fraction of sp³-hybridized carbons (Fsp3) is 0.0625. The average Bonchev–Trinajstić information content (AvgIpc) is 3.10. The molecule has 0 bridgehead atoms. The van der Waals surface area contributed by atoms with E-state index in [-0.39, 0.29) is 17.3 Å². The highest BCUT2D eigenvalue weighted by atomic mass is 32.2. The minimum atomic E-state index is -0.506. The van der Waals surface area contributed by atoms with Crippen molar-refractivity contribution >= 4 is 29.0 Å². The number of nitro benzene ring substituents is 1. The van der Waals surface area contributed by atoms with Crippen molar-refractivity contribution < 1.29 is 9.72 Å². The number of carbonyl (C=O) groups is 1. The molecular formula is C16H13N5O3S. The van der Waals surface area contributed by atoms with Gasteiger partial charge in [-0.1, -0.05) is 17.8 Å². The summed E-state index contributed by atoms with van der Waals surface area (Å²) in [4.78, 5) is 33.5. The predicted octanol–water partition coefficient (Wildman–Crippen LogP) is 3.11. The van der Waals surface area contributed by atoms with Crippen LogP contribution in [0.4, 0.5) is 11.4 Å². The topological polar surface area (TPSA) is 114 Å². The molecule has 0 saturated heterocycles. The first kappa shape index (κ1) is 16.7. The number of carbonyl (C=O) groups excluding carboxylic acids is 1. The van der Waals surface area contributed by atoms with E-state index < -0.39 is 4.92 Å². The van der Waals surface area contributed by atoms with Crippen LogP contribution < -0.4 is 5.32 Å². The number of thioether (sulfide) groups is 1. The Kier molecular flexibility index (Phi) is 5.05. The molecule has 0 saturated carbocycles. The lowest BCUT2D eigenvalue weighted by atomic mass is 10.2. The smallest absolute Gasteiger partial charge is 0.271 e. The second-order valence-electron chi connectivity index (χ2n) is 4.98. The van der Waals surface area contributed by atoms with Crippen LogP contribution in [0.2, 0.25) is 0 Å². The van der Waals surface area contributed by atoms with E-state index in [1.807, 2.05) is 12.1 Å². The number of non-ortho nitro benzene ring substituents is 1. The standard InChI is InChI=1S/C16H13N5O3S/c22-15(19-12-2-1-3-13(8-12)21(23)24)10-25-16-18-9-14(20-16)11-4-6-17-7-5-11/h1-9H,10H2,(H,18,20)(H,19,22). The Morgan fingerprint density at radius 3 is 2.84 bits per heavy atom. The predicted molar refractivity (Wildman–Crippen MR) is 94.3 cm³/mol. The fourth-order valence-corrected chi connectivity index (χ4v) is 2.73. The monoisotopic (exact) mass is 355 g/mol. The summed E-state index contributed by atoms with van der Waals surface area (Å²) in [5.74, 6) is -0.140. The molecule has 25 heavy (non-hydrogen) atoms. The van der Waals surface area contributed by atoms with Gasteiger partial charge in [0, 0.05) is 35.8 Å². The number of aromatic nitrogens is 3. The number of nitro groups is 1. The molecule has 1 amide bonds. The number of hydrogen-bond acceptors (Lipinski definition) is 6. The normalized spacial score (nSPS) is 10.4. The zero-order valence-electron chi connectivity index (χ0n) is 12.9. The summed E-state index contributed by atoms with van der Waals surface area (Å²) >= 11 is 1.25. The van der Waals surface area contributed by atoms with Crippen molar-refractivity contribution in [2.24, 2.45) is 0 Å². The van der Waals surface area contributed by atoms with E-state index in [1.54, 1.807) is 24.7 Å². The summed E-state index contributed by atoms with van der Waals surface area (Å²) in [7, 11) is 0. The van der Waals surface area contributed by atoms with Crippen LogP contribution in [-0.2, 0) is 4.79 Å². The molecule has 0 fully saturated rings. The summed E-state index contributed by atoms with van der Waals surface area (Å²) in [6, 6.07) is 9.53. The third kappa shape index (κ3) is 4.42. The molecule has 3 aromatic rings. The average molecular weight is 355 g/mol. The zero-order chi connectivity index (χ0) is 17.6. The highest BCUT2D eigenvalue weighted by molar-refractivity contribution is 7.99. The van der Waals surface area contributed by atoms with Gasteiger partial charge in [-0.2, -0.15) is 0 Å². The molecule has 126 valence electrons. The maximum atomic E-state index is 12.0. The number of benzene rings is 1. The van der Waals surface area contributed by atoms with Gasteiger partial charge in [0.25, 0.3) is 5.69 Å². The molecule has 0 aliphatic rings. The second kappa shape index (κ2) is 7.58. The molecule has 8 nitrogen and oxygen atoms in total. The van der Waals surface area contributed by atoms with Crippen LogP contribution in [0.25, 0.3) is 11.3 Å². The SMILES string of the molecule is O=C(CSc1ncc(-c2ccncc2)[nH]1)Nc1cccc([N+](=O)[O-])c1. The first-order valence-electron chi connectivity index (χ1n) is 7.24. The summed E-state index contributed by atoms with van der Waals surface area (Å²) in [5, 5.41) is 14.0. The van der Waals surface area contributed by atoms with Crippen molar-refractivity contribution in [3.63, 3.8) is 0 Å². The van der Waals surface area contributed by atoms with Crippen molar-refractivity contribution in [3.05, 3.63) is 65.1 Å². The van der Waals surface area contributed by atoms with Gasteiger partial charge in [-0.25, -0.2) is 4.98 Å². The lowest BCUT2D eigenvalue weighted by Gasteiger charge is -2.04. The van der Waals surface area contributed by atoms with Gasteiger partial charge in [0.2, 0.25) is 5.91 Å². The Labute approximate surface area is 146 Å².